The Hall–Kier alpha value is -4.48. The highest BCUT2D eigenvalue weighted by molar-refractivity contribution is 5.83. The summed E-state index contributed by atoms with van der Waals surface area (Å²) in [6.45, 7) is 3.75. The van der Waals surface area contributed by atoms with E-state index >= 15 is 0 Å². The molecule has 0 spiro atoms. The second-order valence-corrected chi connectivity index (χ2v) is 10.4. The predicted octanol–water partition coefficient (Wildman–Crippen LogP) is 3.21. The van der Waals surface area contributed by atoms with Gasteiger partial charge in [-0.05, 0) is 46.5 Å². The van der Waals surface area contributed by atoms with Gasteiger partial charge < -0.3 is 39.0 Å². The number of carboxylic acid groups (broad SMARTS) is 2. The minimum Gasteiger partial charge on any atom is -0.493 e. The van der Waals surface area contributed by atoms with Crippen molar-refractivity contribution < 1.29 is 48.3 Å². The average Bonchev–Trinajstić information content (AvgIpc) is 3.58. The molecule has 0 aromatic heterocycles. The number of methoxy groups -OCH3 is 2. The molecule has 226 valence electrons. The molecule has 0 bridgehead atoms. The van der Waals surface area contributed by atoms with Crippen molar-refractivity contribution in [1.82, 2.24) is 9.80 Å². The van der Waals surface area contributed by atoms with Crippen molar-refractivity contribution in [2.45, 2.75) is 58.8 Å². The molecule has 2 aliphatic heterocycles. The zero-order valence-electron chi connectivity index (χ0n) is 24.0. The van der Waals surface area contributed by atoms with E-state index in [2.05, 4.69) is 0 Å². The lowest BCUT2D eigenvalue weighted by atomic mass is 10.1. The lowest BCUT2D eigenvalue weighted by Gasteiger charge is -2.16. The highest BCUT2D eigenvalue weighted by atomic mass is 16.5. The number of carboxylic acids is 2. The van der Waals surface area contributed by atoms with Crippen LogP contribution in [0.1, 0.15) is 54.9 Å². The van der Waals surface area contributed by atoms with Crippen LogP contribution in [0.15, 0.2) is 24.3 Å². The third-order valence-corrected chi connectivity index (χ3v) is 7.38. The monoisotopic (exact) mass is 584 g/mol. The molecule has 0 radical (unpaired) electrons. The highest BCUT2D eigenvalue weighted by Crippen LogP contribution is 2.37. The van der Waals surface area contributed by atoms with Crippen molar-refractivity contribution in [2.24, 2.45) is 5.92 Å². The fourth-order valence-corrected chi connectivity index (χ4v) is 4.98. The molecule has 4 rings (SSSR count). The molecule has 0 saturated carbocycles. The Kier molecular flexibility index (Phi) is 9.76. The topological polar surface area (TPSA) is 152 Å². The SMILES string of the molecule is COc1cc2c(cc1OCCCOc1cc3c(cc1OC)CN(C(=O)C[C@H](C)C(=O)O)C3)CN(C(=O)CCC(=O)O)C2. The van der Waals surface area contributed by atoms with E-state index in [-0.39, 0.29) is 31.1 Å². The van der Waals surface area contributed by atoms with Gasteiger partial charge in [-0.1, -0.05) is 6.92 Å². The van der Waals surface area contributed by atoms with Crippen LogP contribution in [0, 0.1) is 5.92 Å². The number of hydrogen-bond donors (Lipinski definition) is 2. The van der Waals surface area contributed by atoms with Crippen molar-refractivity contribution in [3.05, 3.63) is 46.5 Å². The molecule has 42 heavy (non-hydrogen) atoms. The van der Waals surface area contributed by atoms with E-state index in [4.69, 9.17) is 29.2 Å². The van der Waals surface area contributed by atoms with Crippen molar-refractivity contribution in [2.75, 3.05) is 27.4 Å². The molecular weight excluding hydrogens is 548 g/mol. The van der Waals surface area contributed by atoms with Crippen molar-refractivity contribution in [3.63, 3.8) is 0 Å². The van der Waals surface area contributed by atoms with Gasteiger partial charge in [0.1, 0.15) is 0 Å². The molecule has 0 aliphatic carbocycles. The molecule has 2 aromatic rings. The molecule has 2 amide bonds. The van der Waals surface area contributed by atoms with Gasteiger partial charge in [-0.2, -0.15) is 0 Å². The standard InChI is InChI=1S/C30H36N2O10/c1-18(30(37)38)9-28(34)32-16-20-11-24(40-3)26(13-22(20)17-32)42-8-4-7-41-25-12-21-15-31(27(33)5-6-29(35)36)14-19(21)10-23(25)39-2/h10-13,18H,4-9,14-17H2,1-3H3,(H,35,36)(H,37,38)/t18-/m0/s1. The summed E-state index contributed by atoms with van der Waals surface area (Å²) >= 11 is 0. The first kappa shape index (κ1) is 30.5. The number of aliphatic carboxylic acids is 2. The highest BCUT2D eigenvalue weighted by Gasteiger charge is 2.28. The lowest BCUT2D eigenvalue weighted by Crippen LogP contribution is -2.28. The molecule has 12 heteroatoms. The number of carbonyl (C=O) groups excluding carboxylic acids is 2. The zero-order chi connectivity index (χ0) is 30.4. The van der Waals surface area contributed by atoms with Crippen LogP contribution in [-0.4, -0.2) is 71.2 Å². The van der Waals surface area contributed by atoms with Crippen LogP contribution in [0.4, 0.5) is 0 Å². The maximum absolute atomic E-state index is 12.6. The number of hydrogen-bond acceptors (Lipinski definition) is 8. The fraction of sp³-hybridized carbons (Fsp3) is 0.467. The zero-order valence-corrected chi connectivity index (χ0v) is 24.0. The quantitative estimate of drug-likeness (QED) is 0.317. The van der Waals surface area contributed by atoms with Crippen LogP contribution in [0.2, 0.25) is 0 Å². The normalized spacial score (nSPS) is 14.2. The van der Waals surface area contributed by atoms with Gasteiger partial charge in [0, 0.05) is 45.4 Å². The molecule has 1 atom stereocenters. The van der Waals surface area contributed by atoms with Gasteiger partial charge in [-0.25, -0.2) is 0 Å². The third-order valence-electron chi connectivity index (χ3n) is 7.38. The van der Waals surface area contributed by atoms with Crippen LogP contribution in [0.5, 0.6) is 23.0 Å². The minimum absolute atomic E-state index is 0.0404. The van der Waals surface area contributed by atoms with Gasteiger partial charge in [-0.15, -0.1) is 0 Å². The number of benzene rings is 2. The molecule has 2 heterocycles. The number of rotatable bonds is 14. The predicted molar refractivity (Wildman–Crippen MR) is 148 cm³/mol. The van der Waals surface area contributed by atoms with E-state index in [1.165, 1.54) is 6.92 Å². The third kappa shape index (κ3) is 7.23. The molecular formula is C30H36N2O10. The van der Waals surface area contributed by atoms with E-state index in [9.17, 15) is 19.2 Å². The number of nitrogens with zero attached hydrogens (tertiary/aromatic N) is 2. The van der Waals surface area contributed by atoms with Crippen LogP contribution in [-0.2, 0) is 45.4 Å². The largest absolute Gasteiger partial charge is 0.493 e. The Morgan fingerprint density at radius 1 is 0.714 bits per heavy atom. The van der Waals surface area contributed by atoms with Crippen LogP contribution in [0.3, 0.4) is 0 Å². The lowest BCUT2D eigenvalue weighted by molar-refractivity contribution is -0.145. The fourth-order valence-electron chi connectivity index (χ4n) is 4.98. The average molecular weight is 585 g/mol. The molecule has 12 nitrogen and oxygen atoms in total. The number of ether oxygens (including phenoxy) is 4. The van der Waals surface area contributed by atoms with Crippen molar-refractivity contribution >= 4 is 23.8 Å². The first-order valence-electron chi connectivity index (χ1n) is 13.7. The number of carbonyl (C=O) groups is 4. The van der Waals surface area contributed by atoms with Gasteiger partial charge in [0.05, 0.1) is 39.8 Å². The Balaban J connectivity index is 1.29. The summed E-state index contributed by atoms with van der Waals surface area (Å²) in [4.78, 5) is 50.1. The Morgan fingerprint density at radius 3 is 1.55 bits per heavy atom. The van der Waals surface area contributed by atoms with Gasteiger partial charge in [0.25, 0.3) is 0 Å². The van der Waals surface area contributed by atoms with E-state index < -0.39 is 17.9 Å². The summed E-state index contributed by atoms with van der Waals surface area (Å²) in [5.74, 6) is -0.969. The van der Waals surface area contributed by atoms with E-state index in [1.54, 1.807) is 24.0 Å². The van der Waals surface area contributed by atoms with E-state index in [1.807, 2.05) is 24.3 Å². The summed E-state index contributed by atoms with van der Waals surface area (Å²) in [5, 5.41) is 18.0. The maximum Gasteiger partial charge on any atom is 0.306 e. The molecule has 0 saturated heterocycles. The van der Waals surface area contributed by atoms with Gasteiger partial charge in [0.15, 0.2) is 23.0 Å². The Morgan fingerprint density at radius 2 is 1.14 bits per heavy atom. The molecule has 0 unspecified atom stereocenters. The van der Waals surface area contributed by atoms with Crippen LogP contribution >= 0.6 is 0 Å². The summed E-state index contributed by atoms with van der Waals surface area (Å²) in [6, 6.07) is 7.40. The molecule has 2 N–H and O–H groups in total. The minimum atomic E-state index is -1.00. The summed E-state index contributed by atoms with van der Waals surface area (Å²) in [5.41, 5.74) is 3.73. The molecule has 2 aromatic carbocycles. The smallest absolute Gasteiger partial charge is 0.306 e. The molecule has 0 fully saturated rings. The van der Waals surface area contributed by atoms with Gasteiger partial charge in [0.2, 0.25) is 11.8 Å². The van der Waals surface area contributed by atoms with Crippen LogP contribution in [0.25, 0.3) is 0 Å². The summed E-state index contributed by atoms with van der Waals surface area (Å²) in [7, 11) is 3.09. The summed E-state index contributed by atoms with van der Waals surface area (Å²) in [6.07, 6.45) is 0.260. The number of fused-ring (bicyclic) bond motifs is 2. The van der Waals surface area contributed by atoms with Gasteiger partial charge >= 0.3 is 11.9 Å². The number of amides is 2. The first-order chi connectivity index (χ1) is 20.1. The second kappa shape index (κ2) is 13.5. The van der Waals surface area contributed by atoms with Crippen molar-refractivity contribution in [1.29, 1.82) is 0 Å². The summed E-state index contributed by atoms with van der Waals surface area (Å²) < 4.78 is 23.0. The first-order valence-corrected chi connectivity index (χ1v) is 13.7. The van der Waals surface area contributed by atoms with Crippen LogP contribution < -0.4 is 18.9 Å². The van der Waals surface area contributed by atoms with E-state index in [0.29, 0.717) is 68.8 Å². The second-order valence-electron chi connectivity index (χ2n) is 10.4. The van der Waals surface area contributed by atoms with Gasteiger partial charge in [-0.3, -0.25) is 19.2 Å². The van der Waals surface area contributed by atoms with Crippen molar-refractivity contribution in [3.8, 4) is 23.0 Å². The molecule has 2 aliphatic rings. The van der Waals surface area contributed by atoms with E-state index in [0.717, 1.165) is 22.3 Å². The maximum atomic E-state index is 12.6. The Bertz CT molecular complexity index is 1360. The Labute approximate surface area is 243 Å².